The van der Waals surface area contributed by atoms with E-state index in [1.54, 1.807) is 0 Å². The largest absolute Gasteiger partial charge is 0.300 e. The highest BCUT2D eigenvalue weighted by molar-refractivity contribution is 8.01. The molecule has 0 saturated carbocycles. The molecule has 0 radical (unpaired) electrons. The van der Waals surface area contributed by atoms with Gasteiger partial charge in [0.1, 0.15) is 5.78 Å². The third-order valence-electron chi connectivity index (χ3n) is 2.74. The molecule has 1 aromatic rings. The van der Waals surface area contributed by atoms with Crippen molar-refractivity contribution in [3.8, 4) is 0 Å². The first-order chi connectivity index (χ1) is 7.46. The summed E-state index contributed by atoms with van der Waals surface area (Å²) in [6.45, 7) is 4.27. The van der Waals surface area contributed by atoms with E-state index in [2.05, 4.69) is 13.8 Å². The Labute approximate surface area is 106 Å². The first-order valence-electron chi connectivity index (χ1n) is 5.41. The Balaban J connectivity index is 2.21. The summed E-state index contributed by atoms with van der Waals surface area (Å²) in [6, 6.07) is 7.83. The molecule has 2 rings (SSSR count). The molecule has 0 N–H and O–H groups in total. The first-order valence-corrected chi connectivity index (χ1v) is 6.67. The maximum atomic E-state index is 11.7. The fraction of sp³-hybridized carbons (Fsp3) is 0.462. The minimum absolute atomic E-state index is 0.0552. The maximum Gasteiger partial charge on any atom is 0.135 e. The smallest absolute Gasteiger partial charge is 0.135 e. The Hall–Kier alpha value is -0.470. The van der Waals surface area contributed by atoms with Crippen LogP contribution in [0, 0.1) is 0 Å². The van der Waals surface area contributed by atoms with Crippen molar-refractivity contribution >= 4 is 29.1 Å². The van der Waals surface area contributed by atoms with Gasteiger partial charge in [-0.15, -0.1) is 11.8 Å². The number of Topliss-reactive ketones (excluding diaryl/α,β-unsaturated/α-hetero) is 1. The number of halogens is 1. The van der Waals surface area contributed by atoms with Crippen LogP contribution in [0.2, 0.25) is 5.02 Å². The summed E-state index contributed by atoms with van der Waals surface area (Å²) in [5, 5.41) is 1.03. The Morgan fingerprint density at radius 1 is 1.31 bits per heavy atom. The van der Waals surface area contributed by atoms with Gasteiger partial charge in [-0.05, 0) is 17.7 Å². The van der Waals surface area contributed by atoms with Gasteiger partial charge in [-0.2, -0.15) is 0 Å². The lowest BCUT2D eigenvalue weighted by Gasteiger charge is -2.34. The number of carbonyl (C=O) groups excluding carboxylic acids is 1. The molecule has 0 bridgehead atoms. The van der Waals surface area contributed by atoms with Crippen LogP contribution in [0.3, 0.4) is 0 Å². The van der Waals surface area contributed by atoms with Gasteiger partial charge in [0.2, 0.25) is 0 Å². The highest BCUT2D eigenvalue weighted by atomic mass is 35.5. The monoisotopic (exact) mass is 254 g/mol. The fourth-order valence-corrected chi connectivity index (χ4v) is 3.79. The van der Waals surface area contributed by atoms with Crippen LogP contribution in [-0.4, -0.2) is 10.5 Å². The van der Waals surface area contributed by atoms with Crippen LogP contribution < -0.4 is 0 Å². The zero-order valence-corrected chi connectivity index (χ0v) is 11.1. The van der Waals surface area contributed by atoms with Crippen molar-refractivity contribution in [2.24, 2.45) is 0 Å². The molecular formula is C13H15ClOS. The van der Waals surface area contributed by atoms with E-state index in [4.69, 9.17) is 11.6 Å². The van der Waals surface area contributed by atoms with E-state index < -0.39 is 0 Å². The molecule has 1 heterocycles. The Kier molecular flexibility index (Phi) is 3.32. The van der Waals surface area contributed by atoms with Gasteiger partial charge in [-0.3, -0.25) is 4.79 Å². The van der Waals surface area contributed by atoms with Gasteiger partial charge >= 0.3 is 0 Å². The lowest BCUT2D eigenvalue weighted by molar-refractivity contribution is -0.119. The van der Waals surface area contributed by atoms with E-state index in [-0.39, 0.29) is 10.00 Å². The average molecular weight is 255 g/mol. The molecule has 1 aliphatic heterocycles. The molecule has 1 atom stereocenters. The predicted molar refractivity (Wildman–Crippen MR) is 70.1 cm³/mol. The summed E-state index contributed by atoms with van der Waals surface area (Å²) in [5.74, 6) is 0.365. The third kappa shape index (κ3) is 2.80. The molecule has 16 heavy (non-hydrogen) atoms. The minimum Gasteiger partial charge on any atom is -0.300 e. The highest BCUT2D eigenvalue weighted by Gasteiger charge is 2.34. The molecule has 1 aliphatic rings. The molecule has 1 unspecified atom stereocenters. The summed E-state index contributed by atoms with van der Waals surface area (Å²) in [4.78, 5) is 11.7. The SMILES string of the molecule is CC1(C)CC(=O)CC(c2ccc(Cl)cc2)S1. The van der Waals surface area contributed by atoms with E-state index in [1.807, 2.05) is 36.0 Å². The lowest BCUT2D eigenvalue weighted by atomic mass is 9.99. The summed E-state index contributed by atoms with van der Waals surface area (Å²) < 4.78 is 0.0552. The van der Waals surface area contributed by atoms with Crippen molar-refractivity contribution in [3.63, 3.8) is 0 Å². The number of hydrogen-bond donors (Lipinski definition) is 0. The molecule has 1 saturated heterocycles. The summed E-state index contributed by atoms with van der Waals surface area (Å²) in [6.07, 6.45) is 1.33. The minimum atomic E-state index is 0.0552. The molecule has 1 nitrogen and oxygen atoms in total. The summed E-state index contributed by atoms with van der Waals surface area (Å²) in [5.41, 5.74) is 1.20. The Bertz CT molecular complexity index is 397. The molecule has 0 amide bonds. The van der Waals surface area contributed by atoms with Crippen LogP contribution in [0.15, 0.2) is 24.3 Å². The second kappa shape index (κ2) is 4.42. The number of hydrogen-bond acceptors (Lipinski definition) is 2. The lowest BCUT2D eigenvalue weighted by Crippen LogP contribution is -2.27. The second-order valence-electron chi connectivity index (χ2n) is 4.84. The number of ketones is 1. The standard InChI is InChI=1S/C13H15ClOS/c1-13(2)8-11(15)7-12(16-13)9-3-5-10(14)6-4-9/h3-6,12H,7-8H2,1-2H3. The molecule has 1 aromatic carbocycles. The van der Waals surface area contributed by atoms with Gasteiger partial charge in [0.15, 0.2) is 0 Å². The van der Waals surface area contributed by atoms with Gasteiger partial charge in [-0.1, -0.05) is 37.6 Å². The molecule has 0 aromatic heterocycles. The predicted octanol–water partition coefficient (Wildman–Crippen LogP) is 4.26. The fourth-order valence-electron chi connectivity index (χ4n) is 2.09. The summed E-state index contributed by atoms with van der Waals surface area (Å²) >= 11 is 7.75. The number of benzene rings is 1. The van der Waals surface area contributed by atoms with Gasteiger partial charge in [0, 0.05) is 27.9 Å². The van der Waals surface area contributed by atoms with Crippen molar-refractivity contribution < 1.29 is 4.79 Å². The van der Waals surface area contributed by atoms with Gasteiger partial charge in [-0.25, -0.2) is 0 Å². The van der Waals surface area contributed by atoms with E-state index in [1.165, 1.54) is 5.56 Å². The van der Waals surface area contributed by atoms with Crippen molar-refractivity contribution in [1.82, 2.24) is 0 Å². The van der Waals surface area contributed by atoms with Crippen molar-refractivity contribution in [2.45, 2.75) is 36.7 Å². The Morgan fingerprint density at radius 2 is 1.94 bits per heavy atom. The number of thioether (sulfide) groups is 1. The van der Waals surface area contributed by atoms with Crippen LogP contribution in [0.5, 0.6) is 0 Å². The normalized spacial score (nSPS) is 24.4. The molecule has 0 aliphatic carbocycles. The molecule has 1 fully saturated rings. The van der Waals surface area contributed by atoms with Gasteiger partial charge < -0.3 is 0 Å². The van der Waals surface area contributed by atoms with Crippen molar-refractivity contribution in [2.75, 3.05) is 0 Å². The van der Waals surface area contributed by atoms with E-state index in [9.17, 15) is 4.79 Å². The quantitative estimate of drug-likeness (QED) is 0.745. The van der Waals surface area contributed by atoms with E-state index in [0.717, 1.165) is 5.02 Å². The van der Waals surface area contributed by atoms with Gasteiger partial charge in [0.05, 0.1) is 0 Å². The number of carbonyl (C=O) groups is 1. The average Bonchev–Trinajstić information content (AvgIpc) is 2.15. The van der Waals surface area contributed by atoms with Crippen LogP contribution in [-0.2, 0) is 4.79 Å². The summed E-state index contributed by atoms with van der Waals surface area (Å²) in [7, 11) is 0. The first kappa shape index (κ1) is 12.0. The van der Waals surface area contributed by atoms with Crippen LogP contribution in [0.4, 0.5) is 0 Å². The molecule has 86 valence electrons. The Morgan fingerprint density at radius 3 is 2.50 bits per heavy atom. The second-order valence-corrected chi connectivity index (χ2v) is 7.18. The van der Waals surface area contributed by atoms with Crippen molar-refractivity contribution in [3.05, 3.63) is 34.9 Å². The van der Waals surface area contributed by atoms with Gasteiger partial charge in [0.25, 0.3) is 0 Å². The van der Waals surface area contributed by atoms with E-state index in [0.29, 0.717) is 18.6 Å². The van der Waals surface area contributed by atoms with Crippen LogP contribution in [0.1, 0.15) is 37.5 Å². The maximum absolute atomic E-state index is 11.7. The highest BCUT2D eigenvalue weighted by Crippen LogP contribution is 2.47. The third-order valence-corrected chi connectivity index (χ3v) is 4.50. The zero-order chi connectivity index (χ0) is 11.8. The van der Waals surface area contributed by atoms with Crippen molar-refractivity contribution in [1.29, 1.82) is 0 Å². The van der Waals surface area contributed by atoms with Crippen LogP contribution in [0.25, 0.3) is 0 Å². The number of rotatable bonds is 1. The van der Waals surface area contributed by atoms with E-state index >= 15 is 0 Å². The van der Waals surface area contributed by atoms with Crippen LogP contribution >= 0.6 is 23.4 Å². The topological polar surface area (TPSA) is 17.1 Å². The molecular weight excluding hydrogens is 240 g/mol. The zero-order valence-electron chi connectivity index (χ0n) is 9.50. The molecule has 3 heteroatoms. The molecule has 0 spiro atoms.